The van der Waals surface area contributed by atoms with E-state index < -0.39 is 0 Å². The maximum atomic E-state index is 11.4. The van der Waals surface area contributed by atoms with Crippen molar-refractivity contribution in [1.82, 2.24) is 20.3 Å². The molecule has 4 N–H and O–H groups in total. The van der Waals surface area contributed by atoms with Crippen molar-refractivity contribution in [2.24, 2.45) is 0 Å². The zero-order chi connectivity index (χ0) is 15.2. The predicted molar refractivity (Wildman–Crippen MR) is 84.4 cm³/mol. The van der Waals surface area contributed by atoms with E-state index in [4.69, 9.17) is 5.73 Å². The number of hydrogen-bond donors (Lipinski definition) is 3. The number of nitrogens with zero attached hydrogens (tertiary/aromatic N) is 2. The molecule has 0 atom stereocenters. The van der Waals surface area contributed by atoms with Gasteiger partial charge in [-0.3, -0.25) is 4.79 Å². The van der Waals surface area contributed by atoms with E-state index in [9.17, 15) is 4.79 Å². The molecule has 21 heavy (non-hydrogen) atoms. The second-order valence-electron chi connectivity index (χ2n) is 4.72. The van der Waals surface area contributed by atoms with Crippen LogP contribution in [0.1, 0.15) is 24.5 Å². The Labute approximate surface area is 127 Å². The zero-order valence-electron chi connectivity index (χ0n) is 12.1. The first-order valence-electron chi connectivity index (χ1n) is 6.79. The topological polar surface area (TPSA) is 96.7 Å². The summed E-state index contributed by atoms with van der Waals surface area (Å²) in [7, 11) is 0. The highest BCUT2D eigenvalue weighted by Gasteiger charge is 2.07. The van der Waals surface area contributed by atoms with E-state index >= 15 is 0 Å². The standard InChI is InChI=1S/C14H19N5OS/c1-3-4-16-7-10-5-9(2)13(17-8-10)21-14-18-11(15)6-12(20)19-14/h5-6,8,16H,3-4,7H2,1-2H3,(H3,15,18,19,20). The largest absolute Gasteiger partial charge is 0.383 e. The molecule has 0 unspecified atom stereocenters. The molecule has 2 aromatic heterocycles. The van der Waals surface area contributed by atoms with Crippen molar-refractivity contribution in [1.29, 1.82) is 0 Å². The first-order valence-corrected chi connectivity index (χ1v) is 7.61. The Balaban J connectivity index is 2.11. The average molecular weight is 305 g/mol. The summed E-state index contributed by atoms with van der Waals surface area (Å²) in [6.07, 6.45) is 2.94. The van der Waals surface area contributed by atoms with Gasteiger partial charge in [0.2, 0.25) is 0 Å². The number of nitrogens with two attached hydrogens (primary N) is 1. The number of nitrogens with one attached hydrogen (secondary N) is 2. The summed E-state index contributed by atoms with van der Waals surface area (Å²) in [6, 6.07) is 3.34. The molecule has 0 aliphatic heterocycles. The van der Waals surface area contributed by atoms with Crippen LogP contribution in [0, 0.1) is 6.92 Å². The van der Waals surface area contributed by atoms with Crippen LogP contribution in [0.5, 0.6) is 0 Å². The highest BCUT2D eigenvalue weighted by Crippen LogP contribution is 2.25. The molecule has 2 rings (SSSR count). The maximum Gasteiger partial charge on any atom is 0.253 e. The van der Waals surface area contributed by atoms with Crippen LogP contribution in [-0.4, -0.2) is 21.5 Å². The van der Waals surface area contributed by atoms with Crippen LogP contribution in [0.25, 0.3) is 0 Å². The van der Waals surface area contributed by atoms with Crippen molar-refractivity contribution in [3.63, 3.8) is 0 Å². The smallest absolute Gasteiger partial charge is 0.253 e. The van der Waals surface area contributed by atoms with Gasteiger partial charge in [-0.05, 0) is 42.8 Å². The lowest BCUT2D eigenvalue weighted by Gasteiger charge is -2.08. The van der Waals surface area contributed by atoms with E-state index in [1.165, 1.54) is 17.8 Å². The van der Waals surface area contributed by atoms with E-state index in [2.05, 4.69) is 33.3 Å². The molecular weight excluding hydrogens is 286 g/mol. The monoisotopic (exact) mass is 305 g/mol. The number of aryl methyl sites for hydroxylation is 1. The maximum absolute atomic E-state index is 11.4. The van der Waals surface area contributed by atoms with Gasteiger partial charge in [0.25, 0.3) is 5.56 Å². The Kier molecular flexibility index (Phi) is 5.35. The number of aromatic nitrogens is 3. The molecule has 0 amide bonds. The van der Waals surface area contributed by atoms with Crippen LogP contribution in [0.3, 0.4) is 0 Å². The molecule has 0 fully saturated rings. The Bertz CT molecular complexity index is 671. The molecule has 2 aromatic rings. The molecule has 0 radical (unpaired) electrons. The summed E-state index contributed by atoms with van der Waals surface area (Å²) >= 11 is 1.30. The summed E-state index contributed by atoms with van der Waals surface area (Å²) in [5, 5.41) is 4.60. The zero-order valence-corrected chi connectivity index (χ0v) is 13.0. The van der Waals surface area contributed by atoms with Gasteiger partial charge in [-0.25, -0.2) is 9.97 Å². The van der Waals surface area contributed by atoms with Crippen LogP contribution in [-0.2, 0) is 6.54 Å². The minimum atomic E-state index is -0.261. The van der Waals surface area contributed by atoms with Gasteiger partial charge in [0.1, 0.15) is 10.8 Å². The van der Waals surface area contributed by atoms with Crippen LogP contribution in [0.4, 0.5) is 5.82 Å². The molecule has 112 valence electrons. The second kappa shape index (κ2) is 7.24. The lowest BCUT2D eigenvalue weighted by atomic mass is 10.2. The third kappa shape index (κ3) is 4.57. The van der Waals surface area contributed by atoms with Crippen molar-refractivity contribution >= 4 is 17.6 Å². The van der Waals surface area contributed by atoms with E-state index in [-0.39, 0.29) is 11.4 Å². The Morgan fingerprint density at radius 2 is 2.24 bits per heavy atom. The van der Waals surface area contributed by atoms with E-state index in [1.807, 2.05) is 13.1 Å². The quantitative estimate of drug-likeness (QED) is 0.555. The lowest BCUT2D eigenvalue weighted by Crippen LogP contribution is -2.14. The van der Waals surface area contributed by atoms with Gasteiger partial charge >= 0.3 is 0 Å². The number of rotatable bonds is 6. The van der Waals surface area contributed by atoms with Gasteiger partial charge in [-0.1, -0.05) is 13.0 Å². The fourth-order valence-corrected chi connectivity index (χ4v) is 2.64. The SMILES string of the molecule is CCCNCc1cnc(Sc2nc(N)cc(=O)[nH]2)c(C)c1. The molecule has 6 nitrogen and oxygen atoms in total. The fourth-order valence-electron chi connectivity index (χ4n) is 1.83. The molecular formula is C14H19N5OS. The van der Waals surface area contributed by atoms with Crippen LogP contribution < -0.4 is 16.6 Å². The Morgan fingerprint density at radius 3 is 2.90 bits per heavy atom. The summed E-state index contributed by atoms with van der Waals surface area (Å²) < 4.78 is 0. The minimum Gasteiger partial charge on any atom is -0.383 e. The lowest BCUT2D eigenvalue weighted by molar-refractivity contribution is 0.672. The molecule has 0 spiro atoms. The number of anilines is 1. The van der Waals surface area contributed by atoms with Gasteiger partial charge in [-0.2, -0.15) is 0 Å². The number of hydrogen-bond acceptors (Lipinski definition) is 6. The van der Waals surface area contributed by atoms with Crippen molar-refractivity contribution < 1.29 is 0 Å². The van der Waals surface area contributed by atoms with Crippen molar-refractivity contribution in [2.75, 3.05) is 12.3 Å². The highest BCUT2D eigenvalue weighted by molar-refractivity contribution is 7.99. The van der Waals surface area contributed by atoms with Crippen LogP contribution in [0.2, 0.25) is 0 Å². The molecule has 0 aliphatic rings. The molecule has 0 saturated carbocycles. The molecule has 2 heterocycles. The van der Waals surface area contributed by atoms with Crippen molar-refractivity contribution in [2.45, 2.75) is 37.0 Å². The Hall–Kier alpha value is -1.86. The number of nitrogen functional groups attached to an aromatic ring is 1. The number of aromatic amines is 1. The molecule has 7 heteroatoms. The average Bonchev–Trinajstić information content (AvgIpc) is 2.41. The van der Waals surface area contributed by atoms with Gasteiger partial charge in [0.15, 0.2) is 5.16 Å². The van der Waals surface area contributed by atoms with Crippen molar-refractivity contribution in [3.8, 4) is 0 Å². The van der Waals surface area contributed by atoms with E-state index in [0.29, 0.717) is 5.16 Å². The fraction of sp³-hybridized carbons (Fsp3) is 0.357. The summed E-state index contributed by atoms with van der Waals surface area (Å²) in [5.41, 5.74) is 7.49. The van der Waals surface area contributed by atoms with E-state index in [0.717, 1.165) is 35.7 Å². The summed E-state index contributed by atoms with van der Waals surface area (Å²) in [6.45, 7) is 5.92. The Morgan fingerprint density at radius 1 is 1.43 bits per heavy atom. The summed E-state index contributed by atoms with van der Waals surface area (Å²) in [4.78, 5) is 22.5. The van der Waals surface area contributed by atoms with Gasteiger partial charge < -0.3 is 16.0 Å². The molecule has 0 bridgehead atoms. The second-order valence-corrected chi connectivity index (χ2v) is 5.70. The third-order valence-corrected chi connectivity index (χ3v) is 3.78. The highest BCUT2D eigenvalue weighted by atomic mass is 32.2. The van der Waals surface area contributed by atoms with Gasteiger partial charge in [-0.15, -0.1) is 0 Å². The van der Waals surface area contributed by atoms with Gasteiger partial charge in [0.05, 0.1) is 0 Å². The minimum absolute atomic E-state index is 0.208. The predicted octanol–water partition coefficient (Wildman–Crippen LogP) is 1.71. The third-order valence-electron chi connectivity index (χ3n) is 2.78. The molecule has 0 aliphatic carbocycles. The molecule has 0 aromatic carbocycles. The summed E-state index contributed by atoms with van der Waals surface area (Å²) in [5.74, 6) is 0.208. The number of H-pyrrole nitrogens is 1. The van der Waals surface area contributed by atoms with Crippen LogP contribution >= 0.6 is 11.8 Å². The van der Waals surface area contributed by atoms with Crippen molar-refractivity contribution in [3.05, 3.63) is 39.8 Å². The first-order chi connectivity index (χ1) is 10.1. The van der Waals surface area contributed by atoms with Gasteiger partial charge in [0, 0.05) is 18.8 Å². The first kappa shape index (κ1) is 15.5. The normalized spacial score (nSPS) is 10.8. The molecule has 0 saturated heterocycles. The number of pyridine rings is 1. The van der Waals surface area contributed by atoms with E-state index in [1.54, 1.807) is 0 Å². The van der Waals surface area contributed by atoms with Crippen LogP contribution in [0.15, 0.2) is 33.3 Å².